The number of hydrogen-bond acceptors (Lipinski definition) is 4. The highest BCUT2D eigenvalue weighted by Gasteiger charge is 2.44. The second kappa shape index (κ2) is 8.01. The quantitative estimate of drug-likeness (QED) is 0.878. The second-order valence-electron chi connectivity index (χ2n) is 6.44. The maximum Gasteiger partial charge on any atom is 0.254 e. The Kier molecular flexibility index (Phi) is 5.74. The molecule has 1 fully saturated rings. The summed E-state index contributed by atoms with van der Waals surface area (Å²) in [4.78, 5) is 27.7. The van der Waals surface area contributed by atoms with Crippen molar-refractivity contribution in [1.29, 1.82) is 0 Å². The molecule has 26 heavy (non-hydrogen) atoms. The maximum absolute atomic E-state index is 12.6. The monoisotopic (exact) mass is 372 g/mol. The lowest BCUT2D eigenvalue weighted by atomic mass is 9.90. The smallest absolute Gasteiger partial charge is 0.254 e. The summed E-state index contributed by atoms with van der Waals surface area (Å²) in [6.45, 7) is 3.02. The van der Waals surface area contributed by atoms with Gasteiger partial charge in [-0.1, -0.05) is 37.3 Å². The van der Waals surface area contributed by atoms with Crippen LogP contribution in [0.3, 0.4) is 0 Å². The molecule has 0 saturated carbocycles. The van der Waals surface area contributed by atoms with Crippen molar-refractivity contribution in [3.05, 3.63) is 47.3 Å². The number of thiophene rings is 1. The van der Waals surface area contributed by atoms with Gasteiger partial charge in [-0.3, -0.25) is 9.59 Å². The molecule has 1 atom stereocenters. The first kappa shape index (κ1) is 18.6. The zero-order chi connectivity index (χ0) is 18.6. The van der Waals surface area contributed by atoms with Gasteiger partial charge in [0.05, 0.1) is 13.2 Å². The Labute approximate surface area is 158 Å². The Bertz CT molecular complexity index is 758. The summed E-state index contributed by atoms with van der Waals surface area (Å²) in [6, 6.07) is 12.3. The molecule has 1 saturated heterocycles. The van der Waals surface area contributed by atoms with E-state index < -0.39 is 5.60 Å². The van der Waals surface area contributed by atoms with Gasteiger partial charge in [0.25, 0.3) is 5.91 Å². The van der Waals surface area contributed by atoms with Crippen LogP contribution in [-0.2, 0) is 20.7 Å². The number of rotatable bonds is 5. The summed E-state index contributed by atoms with van der Waals surface area (Å²) >= 11 is 1.70. The van der Waals surface area contributed by atoms with Crippen LogP contribution in [0.2, 0.25) is 0 Å². The minimum absolute atomic E-state index is 0.0506. The molecule has 0 bridgehead atoms. The number of carbonyl (C=O) groups is 2. The van der Waals surface area contributed by atoms with Crippen molar-refractivity contribution in [1.82, 2.24) is 10.2 Å². The number of carbonyl (C=O) groups excluding carboxylic acids is 2. The van der Waals surface area contributed by atoms with Gasteiger partial charge in [0.2, 0.25) is 5.91 Å². The molecule has 2 aromatic rings. The molecular weight excluding hydrogens is 348 g/mol. The zero-order valence-electron chi connectivity index (χ0n) is 15.2. The third kappa shape index (κ3) is 3.81. The van der Waals surface area contributed by atoms with E-state index in [1.165, 1.54) is 4.88 Å². The standard InChI is InChI=1S/C20H24N2O3S/c1-3-18(23)22-10-11-25-20(14-22,19(24)21-2)13-15-6-8-16(9-7-15)17-5-4-12-26-17/h4-9,12H,3,10-11,13-14H2,1-2H3,(H,21,24). The molecule has 0 spiro atoms. The fourth-order valence-corrected chi connectivity index (χ4v) is 4.07. The molecule has 2 amide bonds. The lowest BCUT2D eigenvalue weighted by molar-refractivity contribution is -0.165. The van der Waals surface area contributed by atoms with Crippen molar-refractivity contribution < 1.29 is 14.3 Å². The molecule has 138 valence electrons. The van der Waals surface area contributed by atoms with Crippen LogP contribution in [0.5, 0.6) is 0 Å². The molecule has 2 heterocycles. The van der Waals surface area contributed by atoms with E-state index in [0.29, 0.717) is 26.0 Å². The van der Waals surface area contributed by atoms with Gasteiger partial charge in [-0.05, 0) is 22.6 Å². The van der Waals surface area contributed by atoms with Crippen molar-refractivity contribution >= 4 is 23.2 Å². The predicted octanol–water partition coefficient (Wildman–Crippen LogP) is 2.71. The normalized spacial score (nSPS) is 20.0. The van der Waals surface area contributed by atoms with E-state index in [1.807, 2.05) is 25.1 Å². The van der Waals surface area contributed by atoms with Crippen LogP contribution in [-0.4, -0.2) is 49.1 Å². The molecule has 0 aliphatic carbocycles. The number of morpholine rings is 1. The van der Waals surface area contributed by atoms with Gasteiger partial charge in [0.1, 0.15) is 0 Å². The number of nitrogens with zero attached hydrogens (tertiary/aromatic N) is 1. The van der Waals surface area contributed by atoms with E-state index in [9.17, 15) is 9.59 Å². The van der Waals surface area contributed by atoms with E-state index in [4.69, 9.17) is 4.74 Å². The zero-order valence-corrected chi connectivity index (χ0v) is 16.0. The van der Waals surface area contributed by atoms with Crippen LogP contribution < -0.4 is 5.32 Å². The molecule has 6 heteroatoms. The number of amides is 2. The lowest BCUT2D eigenvalue weighted by Crippen LogP contribution is -2.61. The predicted molar refractivity (Wildman–Crippen MR) is 103 cm³/mol. The first-order valence-electron chi connectivity index (χ1n) is 8.84. The van der Waals surface area contributed by atoms with Crippen molar-refractivity contribution in [2.24, 2.45) is 0 Å². The first-order chi connectivity index (χ1) is 12.6. The van der Waals surface area contributed by atoms with Gasteiger partial charge < -0.3 is 15.0 Å². The highest BCUT2D eigenvalue weighted by Crippen LogP contribution is 2.28. The molecule has 1 N–H and O–H groups in total. The molecule has 1 aromatic carbocycles. The Morgan fingerprint density at radius 1 is 1.27 bits per heavy atom. The summed E-state index contributed by atoms with van der Waals surface area (Å²) in [6.07, 6.45) is 0.865. The molecule has 1 aliphatic rings. The Morgan fingerprint density at radius 2 is 2.04 bits per heavy atom. The molecule has 1 aliphatic heterocycles. The fourth-order valence-electron chi connectivity index (χ4n) is 3.33. The van der Waals surface area contributed by atoms with Crippen LogP contribution in [0.1, 0.15) is 18.9 Å². The average molecular weight is 372 g/mol. The molecule has 0 radical (unpaired) electrons. The van der Waals surface area contributed by atoms with Crippen LogP contribution in [0, 0.1) is 0 Å². The van der Waals surface area contributed by atoms with Crippen LogP contribution >= 0.6 is 11.3 Å². The van der Waals surface area contributed by atoms with Crippen molar-refractivity contribution in [3.8, 4) is 10.4 Å². The molecule has 5 nitrogen and oxygen atoms in total. The van der Waals surface area contributed by atoms with E-state index in [-0.39, 0.29) is 18.4 Å². The molecular formula is C20H24N2O3S. The SMILES string of the molecule is CCC(=O)N1CCOC(Cc2ccc(-c3cccs3)cc2)(C(=O)NC)C1. The highest BCUT2D eigenvalue weighted by atomic mass is 32.1. The minimum Gasteiger partial charge on any atom is -0.361 e. The first-order valence-corrected chi connectivity index (χ1v) is 9.72. The topological polar surface area (TPSA) is 58.6 Å². The lowest BCUT2D eigenvalue weighted by Gasteiger charge is -2.41. The van der Waals surface area contributed by atoms with E-state index in [0.717, 1.165) is 11.1 Å². The van der Waals surface area contributed by atoms with E-state index in [2.05, 4.69) is 28.9 Å². The van der Waals surface area contributed by atoms with Crippen LogP contribution in [0.15, 0.2) is 41.8 Å². The highest BCUT2D eigenvalue weighted by molar-refractivity contribution is 7.13. The molecule has 1 aromatic heterocycles. The van der Waals surface area contributed by atoms with Gasteiger partial charge in [-0.15, -0.1) is 11.3 Å². The summed E-state index contributed by atoms with van der Waals surface area (Å²) in [5.74, 6) is -0.136. The Hall–Kier alpha value is -2.18. The number of hydrogen-bond donors (Lipinski definition) is 1. The Balaban J connectivity index is 1.82. The molecule has 1 unspecified atom stereocenters. The van der Waals surface area contributed by atoms with Crippen molar-refractivity contribution in [3.63, 3.8) is 0 Å². The van der Waals surface area contributed by atoms with Gasteiger partial charge >= 0.3 is 0 Å². The maximum atomic E-state index is 12.6. The largest absolute Gasteiger partial charge is 0.361 e. The average Bonchev–Trinajstić information content (AvgIpc) is 3.22. The third-order valence-corrected chi connectivity index (χ3v) is 5.65. The van der Waals surface area contributed by atoms with Gasteiger partial charge in [-0.2, -0.15) is 0 Å². The van der Waals surface area contributed by atoms with Gasteiger partial charge in [-0.25, -0.2) is 0 Å². The summed E-state index contributed by atoms with van der Waals surface area (Å²) in [5, 5.41) is 4.76. The molecule has 3 rings (SSSR count). The number of benzene rings is 1. The van der Waals surface area contributed by atoms with Crippen LogP contribution in [0.25, 0.3) is 10.4 Å². The van der Waals surface area contributed by atoms with Gasteiger partial charge in [0, 0.05) is 31.3 Å². The van der Waals surface area contributed by atoms with Gasteiger partial charge in [0.15, 0.2) is 5.60 Å². The van der Waals surface area contributed by atoms with E-state index in [1.54, 1.807) is 23.3 Å². The number of likely N-dealkylation sites (N-methyl/N-ethyl adjacent to an activating group) is 1. The van der Waals surface area contributed by atoms with Crippen LogP contribution in [0.4, 0.5) is 0 Å². The number of nitrogens with one attached hydrogen (secondary N) is 1. The summed E-state index contributed by atoms with van der Waals surface area (Å²) in [5.41, 5.74) is 1.13. The van der Waals surface area contributed by atoms with Crippen molar-refractivity contribution in [2.75, 3.05) is 26.7 Å². The fraction of sp³-hybridized carbons (Fsp3) is 0.400. The summed E-state index contributed by atoms with van der Waals surface area (Å²) < 4.78 is 5.95. The minimum atomic E-state index is -1.04. The second-order valence-corrected chi connectivity index (χ2v) is 7.39. The summed E-state index contributed by atoms with van der Waals surface area (Å²) in [7, 11) is 1.61. The Morgan fingerprint density at radius 3 is 2.65 bits per heavy atom. The third-order valence-electron chi connectivity index (χ3n) is 4.73. The van der Waals surface area contributed by atoms with E-state index >= 15 is 0 Å². The van der Waals surface area contributed by atoms with Crippen molar-refractivity contribution in [2.45, 2.75) is 25.4 Å². The number of ether oxygens (including phenoxy) is 1.